The number of para-hydroxylation sites is 1. The van der Waals surface area contributed by atoms with Crippen molar-refractivity contribution in [3.05, 3.63) is 30.3 Å². The fraction of sp³-hybridized carbons (Fsp3) is 0.667. The number of ether oxygens (including phenoxy) is 6. The molecule has 0 unspecified atom stereocenters. The van der Waals surface area contributed by atoms with Crippen LogP contribution in [-0.2, 0) is 23.7 Å². The highest BCUT2D eigenvalue weighted by atomic mass is 16.6. The summed E-state index contributed by atoms with van der Waals surface area (Å²) in [4.78, 5) is 0. The molecule has 0 saturated carbocycles. The summed E-state index contributed by atoms with van der Waals surface area (Å²) in [6.07, 6.45) is 0. The number of hydrogen-bond acceptors (Lipinski definition) is 7. The van der Waals surface area contributed by atoms with Crippen molar-refractivity contribution in [2.45, 2.75) is 0 Å². The van der Waals surface area contributed by atoms with E-state index in [2.05, 4.69) is 0 Å². The van der Waals surface area contributed by atoms with Gasteiger partial charge in [0.05, 0.1) is 66.1 Å². The molecule has 2 N–H and O–H groups in total. The number of nitrogens with two attached hydrogens (primary N) is 1. The predicted molar refractivity (Wildman–Crippen MR) is 95.1 cm³/mol. The summed E-state index contributed by atoms with van der Waals surface area (Å²) < 4.78 is 32.2. The summed E-state index contributed by atoms with van der Waals surface area (Å²) in [5.74, 6) is 0.853. The molecule has 1 aromatic carbocycles. The smallest absolute Gasteiger partial charge is 0.119 e. The summed E-state index contributed by atoms with van der Waals surface area (Å²) in [5, 5.41) is 0. The van der Waals surface area contributed by atoms with Crippen molar-refractivity contribution in [3.63, 3.8) is 0 Å². The average Bonchev–Trinajstić information content (AvgIpc) is 2.65. The Morgan fingerprint density at radius 1 is 0.520 bits per heavy atom. The molecule has 7 nitrogen and oxygen atoms in total. The van der Waals surface area contributed by atoms with Gasteiger partial charge in [0.1, 0.15) is 12.4 Å². The second-order valence-corrected chi connectivity index (χ2v) is 5.01. The van der Waals surface area contributed by atoms with Crippen LogP contribution < -0.4 is 10.5 Å². The summed E-state index contributed by atoms with van der Waals surface area (Å²) in [7, 11) is 0. The Hall–Kier alpha value is -1.22. The van der Waals surface area contributed by atoms with Gasteiger partial charge in [-0.15, -0.1) is 0 Å². The molecule has 1 rings (SSSR count). The lowest BCUT2D eigenvalue weighted by molar-refractivity contribution is -0.0122. The molecule has 7 heteroatoms. The van der Waals surface area contributed by atoms with Crippen molar-refractivity contribution in [1.29, 1.82) is 0 Å². The Kier molecular flexibility index (Phi) is 15.4. The molecule has 25 heavy (non-hydrogen) atoms. The van der Waals surface area contributed by atoms with Crippen LogP contribution in [0.5, 0.6) is 5.75 Å². The van der Waals surface area contributed by atoms with Crippen molar-refractivity contribution in [2.75, 3.05) is 79.2 Å². The van der Waals surface area contributed by atoms with Gasteiger partial charge in [-0.3, -0.25) is 0 Å². The van der Waals surface area contributed by atoms with Crippen LogP contribution in [0.15, 0.2) is 30.3 Å². The fourth-order valence-electron chi connectivity index (χ4n) is 1.80. The van der Waals surface area contributed by atoms with E-state index in [0.29, 0.717) is 79.2 Å². The maximum Gasteiger partial charge on any atom is 0.119 e. The van der Waals surface area contributed by atoms with Crippen LogP contribution in [0.3, 0.4) is 0 Å². The lowest BCUT2D eigenvalue weighted by Gasteiger charge is -2.08. The van der Waals surface area contributed by atoms with Crippen molar-refractivity contribution in [3.8, 4) is 5.75 Å². The standard InChI is InChI=1S/C18H31NO6/c19-6-7-20-8-9-21-10-11-22-12-13-23-14-15-24-16-17-25-18-4-2-1-3-5-18/h1-5H,6-17,19H2. The van der Waals surface area contributed by atoms with Crippen LogP contribution in [0.1, 0.15) is 0 Å². The lowest BCUT2D eigenvalue weighted by atomic mass is 10.3. The topological polar surface area (TPSA) is 81.4 Å². The van der Waals surface area contributed by atoms with Gasteiger partial charge in [0.2, 0.25) is 0 Å². The van der Waals surface area contributed by atoms with Crippen molar-refractivity contribution in [1.82, 2.24) is 0 Å². The zero-order valence-electron chi connectivity index (χ0n) is 14.9. The minimum absolute atomic E-state index is 0.532. The van der Waals surface area contributed by atoms with E-state index < -0.39 is 0 Å². The Morgan fingerprint density at radius 2 is 0.920 bits per heavy atom. The number of hydrogen-bond donors (Lipinski definition) is 1. The van der Waals surface area contributed by atoms with E-state index >= 15 is 0 Å². The highest BCUT2D eigenvalue weighted by Gasteiger charge is 1.94. The highest BCUT2D eigenvalue weighted by Crippen LogP contribution is 2.07. The summed E-state index contributed by atoms with van der Waals surface area (Å²) in [6.45, 7) is 6.59. The lowest BCUT2D eigenvalue weighted by Crippen LogP contribution is -2.15. The van der Waals surface area contributed by atoms with Gasteiger partial charge in [0, 0.05) is 6.54 Å². The van der Waals surface area contributed by atoms with Gasteiger partial charge in [-0.25, -0.2) is 0 Å². The molecular formula is C18H31NO6. The molecule has 0 aliphatic carbocycles. The van der Waals surface area contributed by atoms with E-state index in [1.54, 1.807) is 0 Å². The van der Waals surface area contributed by atoms with Crippen LogP contribution in [-0.4, -0.2) is 79.2 Å². The first-order valence-electron chi connectivity index (χ1n) is 8.70. The van der Waals surface area contributed by atoms with Gasteiger partial charge in [0.25, 0.3) is 0 Å². The van der Waals surface area contributed by atoms with Gasteiger partial charge in [-0.1, -0.05) is 18.2 Å². The average molecular weight is 357 g/mol. The van der Waals surface area contributed by atoms with Crippen LogP contribution in [0.4, 0.5) is 0 Å². The van der Waals surface area contributed by atoms with Crippen LogP contribution in [0.2, 0.25) is 0 Å². The first-order valence-corrected chi connectivity index (χ1v) is 8.70. The molecule has 0 fully saturated rings. The third kappa shape index (κ3) is 14.8. The summed E-state index contributed by atoms with van der Waals surface area (Å²) in [6, 6.07) is 9.68. The maximum absolute atomic E-state index is 5.51. The third-order valence-corrected chi connectivity index (χ3v) is 2.99. The van der Waals surface area contributed by atoms with E-state index in [1.807, 2.05) is 30.3 Å². The summed E-state index contributed by atoms with van der Waals surface area (Å²) in [5.41, 5.74) is 5.30. The van der Waals surface area contributed by atoms with E-state index in [1.165, 1.54) is 0 Å². The normalized spacial score (nSPS) is 10.9. The Balaban J connectivity index is 1.69. The summed E-state index contributed by atoms with van der Waals surface area (Å²) >= 11 is 0. The molecule has 144 valence electrons. The molecule has 0 saturated heterocycles. The van der Waals surface area contributed by atoms with E-state index in [-0.39, 0.29) is 0 Å². The van der Waals surface area contributed by atoms with Crippen molar-refractivity contribution in [2.24, 2.45) is 5.73 Å². The minimum atomic E-state index is 0.532. The molecule has 0 spiro atoms. The van der Waals surface area contributed by atoms with Gasteiger partial charge in [-0.2, -0.15) is 0 Å². The quantitative estimate of drug-likeness (QED) is 0.394. The molecule has 0 heterocycles. The zero-order valence-corrected chi connectivity index (χ0v) is 14.9. The van der Waals surface area contributed by atoms with Gasteiger partial charge < -0.3 is 34.2 Å². The third-order valence-electron chi connectivity index (χ3n) is 2.99. The Labute approximate surface area is 150 Å². The number of rotatable bonds is 18. The molecule has 0 bridgehead atoms. The van der Waals surface area contributed by atoms with Crippen LogP contribution >= 0.6 is 0 Å². The second-order valence-electron chi connectivity index (χ2n) is 5.01. The molecule has 0 amide bonds. The van der Waals surface area contributed by atoms with E-state index in [9.17, 15) is 0 Å². The van der Waals surface area contributed by atoms with E-state index in [0.717, 1.165) is 5.75 Å². The van der Waals surface area contributed by atoms with Crippen LogP contribution in [0.25, 0.3) is 0 Å². The Morgan fingerprint density at radius 3 is 1.36 bits per heavy atom. The van der Waals surface area contributed by atoms with Gasteiger partial charge in [-0.05, 0) is 12.1 Å². The molecule has 0 aliphatic rings. The molecule has 0 aliphatic heterocycles. The SMILES string of the molecule is NCCOCCOCCOCCOCCOCCOc1ccccc1. The maximum atomic E-state index is 5.51. The monoisotopic (exact) mass is 357 g/mol. The molecule has 0 radical (unpaired) electrons. The van der Waals surface area contributed by atoms with E-state index in [4.69, 9.17) is 34.2 Å². The minimum Gasteiger partial charge on any atom is -0.491 e. The predicted octanol–water partition coefficient (Wildman–Crippen LogP) is 1.11. The first-order chi connectivity index (χ1) is 12.4. The highest BCUT2D eigenvalue weighted by molar-refractivity contribution is 5.20. The molecular weight excluding hydrogens is 326 g/mol. The van der Waals surface area contributed by atoms with Crippen molar-refractivity contribution < 1.29 is 28.4 Å². The van der Waals surface area contributed by atoms with Gasteiger partial charge >= 0.3 is 0 Å². The number of benzene rings is 1. The fourth-order valence-corrected chi connectivity index (χ4v) is 1.80. The molecule has 0 atom stereocenters. The van der Waals surface area contributed by atoms with Crippen molar-refractivity contribution >= 4 is 0 Å². The molecule has 1 aromatic rings. The van der Waals surface area contributed by atoms with Crippen LogP contribution in [0, 0.1) is 0 Å². The largest absolute Gasteiger partial charge is 0.491 e. The van der Waals surface area contributed by atoms with Gasteiger partial charge in [0.15, 0.2) is 0 Å². The first kappa shape index (κ1) is 21.8. The Bertz CT molecular complexity index is 379. The second kappa shape index (κ2) is 17.6. The zero-order chi connectivity index (χ0) is 17.8. The molecule has 0 aromatic heterocycles.